The van der Waals surface area contributed by atoms with Crippen LogP contribution in [0.15, 0.2) is 59.5 Å². The van der Waals surface area contributed by atoms with Crippen molar-refractivity contribution in [3.63, 3.8) is 0 Å². The first-order valence-corrected chi connectivity index (χ1v) is 10.7. The summed E-state index contributed by atoms with van der Waals surface area (Å²) in [5.41, 5.74) is 9.62. The van der Waals surface area contributed by atoms with E-state index in [-0.39, 0.29) is 10.6 Å². The number of primary sulfonamides is 1. The van der Waals surface area contributed by atoms with Crippen LogP contribution in [0.2, 0.25) is 0 Å². The number of aryl methyl sites for hydroxylation is 1. The van der Waals surface area contributed by atoms with Crippen molar-refractivity contribution in [2.24, 2.45) is 10.9 Å². The maximum atomic E-state index is 11.8. The van der Waals surface area contributed by atoms with Crippen molar-refractivity contribution in [3.05, 3.63) is 71.5 Å². The Balaban J connectivity index is 1.84. The summed E-state index contributed by atoms with van der Waals surface area (Å²) < 4.78 is 26.2. The van der Waals surface area contributed by atoms with E-state index >= 15 is 0 Å². The van der Waals surface area contributed by atoms with Gasteiger partial charge in [0.1, 0.15) is 5.69 Å². The number of rotatable bonds is 5. The van der Waals surface area contributed by atoms with Crippen LogP contribution in [0, 0.1) is 13.8 Å². The van der Waals surface area contributed by atoms with E-state index in [2.05, 4.69) is 15.4 Å². The Bertz CT molecular complexity index is 1390. The summed E-state index contributed by atoms with van der Waals surface area (Å²) in [7, 11) is -3.84. The van der Waals surface area contributed by atoms with Gasteiger partial charge in [-0.1, -0.05) is 22.9 Å². The van der Waals surface area contributed by atoms with Gasteiger partial charge in [-0.15, -0.1) is 5.10 Å². The van der Waals surface area contributed by atoms with E-state index in [0.29, 0.717) is 17.1 Å². The zero-order chi connectivity index (χ0) is 22.3. The molecule has 0 aliphatic heterocycles. The van der Waals surface area contributed by atoms with E-state index in [4.69, 9.17) is 10.9 Å². The summed E-state index contributed by atoms with van der Waals surface area (Å²) in [4.78, 5) is 11.7. The summed E-state index contributed by atoms with van der Waals surface area (Å²) >= 11 is 0. The molecule has 1 amide bonds. The minimum atomic E-state index is -3.84. The van der Waals surface area contributed by atoms with Gasteiger partial charge in [0.15, 0.2) is 5.69 Å². The Morgan fingerprint density at radius 2 is 1.52 bits per heavy atom. The number of amides is 1. The van der Waals surface area contributed by atoms with Gasteiger partial charge in [0.05, 0.1) is 27.7 Å². The van der Waals surface area contributed by atoms with Crippen LogP contribution in [0.1, 0.15) is 21.7 Å². The Labute approximate surface area is 178 Å². The van der Waals surface area contributed by atoms with Crippen LogP contribution in [0.25, 0.3) is 22.8 Å². The molecule has 0 saturated carbocycles. The van der Waals surface area contributed by atoms with E-state index in [1.807, 2.05) is 38.1 Å². The molecular weight excluding hydrogens is 418 g/mol. The number of sulfonamides is 1. The van der Waals surface area contributed by atoms with E-state index < -0.39 is 15.9 Å². The summed E-state index contributed by atoms with van der Waals surface area (Å²) in [6, 6.07) is 15.1. The largest absolute Gasteiger partial charge is 0.364 e. The molecule has 158 valence electrons. The number of hydrogen-bond acceptors (Lipinski definition) is 6. The lowest BCUT2D eigenvalue weighted by Gasteiger charge is -2.08. The molecule has 0 fully saturated rings. The smallest absolute Gasteiger partial charge is 0.269 e. The van der Waals surface area contributed by atoms with Crippen LogP contribution in [-0.4, -0.2) is 39.1 Å². The van der Waals surface area contributed by atoms with E-state index in [1.54, 1.807) is 4.68 Å². The van der Waals surface area contributed by atoms with Crippen molar-refractivity contribution in [3.8, 4) is 22.8 Å². The molecule has 0 atom stereocenters. The standard InChI is InChI=1S/C20H19N7O3S/c1-12-3-5-14(6-4-12)26-13(2)19(23-25-26)18-11-17(20(21)28)24-27(18)15-7-9-16(10-8-15)31(22,29)30/h3-11H,1-2H3,(H2,21,28)(H2,22,29,30). The highest BCUT2D eigenvalue weighted by Crippen LogP contribution is 2.27. The minimum absolute atomic E-state index is 0.0369. The second-order valence-electron chi connectivity index (χ2n) is 7.00. The molecule has 0 aliphatic rings. The Kier molecular flexibility index (Phi) is 4.91. The number of nitrogens with two attached hydrogens (primary N) is 2. The topological polar surface area (TPSA) is 152 Å². The Hall–Kier alpha value is -3.83. The average Bonchev–Trinajstić information content (AvgIpc) is 3.32. The van der Waals surface area contributed by atoms with Crippen molar-refractivity contribution in [1.29, 1.82) is 0 Å². The van der Waals surface area contributed by atoms with E-state index in [9.17, 15) is 13.2 Å². The van der Waals surface area contributed by atoms with Gasteiger partial charge in [-0.25, -0.2) is 22.9 Å². The second-order valence-corrected chi connectivity index (χ2v) is 8.56. The van der Waals surface area contributed by atoms with Crippen molar-refractivity contribution in [1.82, 2.24) is 24.8 Å². The third-order valence-electron chi connectivity index (χ3n) is 4.79. The average molecular weight is 437 g/mol. The number of carbonyl (C=O) groups is 1. The van der Waals surface area contributed by atoms with Gasteiger partial charge in [-0.05, 0) is 56.3 Å². The van der Waals surface area contributed by atoms with Gasteiger partial charge in [-0.3, -0.25) is 4.79 Å². The number of primary amides is 1. The maximum Gasteiger partial charge on any atom is 0.269 e. The first kappa shape index (κ1) is 20.4. The molecule has 0 aliphatic carbocycles. The van der Waals surface area contributed by atoms with Gasteiger partial charge in [0.2, 0.25) is 10.0 Å². The molecule has 11 heteroatoms. The molecule has 4 aromatic rings. The molecule has 2 aromatic heterocycles. The second kappa shape index (κ2) is 7.45. The molecule has 31 heavy (non-hydrogen) atoms. The number of benzene rings is 2. The first-order chi connectivity index (χ1) is 14.6. The SMILES string of the molecule is Cc1ccc(-n2nnc(-c3cc(C(N)=O)nn3-c3ccc(S(N)(=O)=O)cc3)c2C)cc1. The van der Waals surface area contributed by atoms with Crippen LogP contribution in [-0.2, 0) is 10.0 Å². The molecule has 0 unspecified atom stereocenters. The van der Waals surface area contributed by atoms with Gasteiger partial charge >= 0.3 is 0 Å². The lowest BCUT2D eigenvalue weighted by Crippen LogP contribution is -2.13. The van der Waals surface area contributed by atoms with Gasteiger partial charge in [0, 0.05) is 0 Å². The molecule has 0 bridgehead atoms. The van der Waals surface area contributed by atoms with E-state index in [0.717, 1.165) is 16.9 Å². The number of nitrogens with zero attached hydrogens (tertiary/aromatic N) is 5. The van der Waals surface area contributed by atoms with Crippen molar-refractivity contribution < 1.29 is 13.2 Å². The van der Waals surface area contributed by atoms with Crippen LogP contribution in [0.4, 0.5) is 0 Å². The number of aromatic nitrogens is 5. The molecule has 0 spiro atoms. The summed E-state index contributed by atoms with van der Waals surface area (Å²) in [5, 5.41) is 18.0. The van der Waals surface area contributed by atoms with Crippen molar-refractivity contribution in [2.45, 2.75) is 18.7 Å². The maximum absolute atomic E-state index is 11.8. The van der Waals surface area contributed by atoms with Crippen molar-refractivity contribution >= 4 is 15.9 Å². The lowest BCUT2D eigenvalue weighted by atomic mass is 10.2. The molecule has 2 aromatic carbocycles. The monoisotopic (exact) mass is 437 g/mol. The van der Waals surface area contributed by atoms with Gasteiger partial charge in [0.25, 0.3) is 5.91 Å². The van der Waals surface area contributed by atoms with Crippen LogP contribution >= 0.6 is 0 Å². The quantitative estimate of drug-likeness (QED) is 0.482. The first-order valence-electron chi connectivity index (χ1n) is 9.18. The van der Waals surface area contributed by atoms with Crippen LogP contribution in [0.3, 0.4) is 0 Å². The molecule has 4 N–H and O–H groups in total. The summed E-state index contributed by atoms with van der Waals surface area (Å²) in [6.45, 7) is 3.84. The summed E-state index contributed by atoms with van der Waals surface area (Å²) in [5.74, 6) is -0.704. The Morgan fingerprint density at radius 1 is 0.935 bits per heavy atom. The normalized spacial score (nSPS) is 11.6. The van der Waals surface area contributed by atoms with Gasteiger partial charge < -0.3 is 5.73 Å². The molecular formula is C20H19N7O3S. The predicted octanol–water partition coefficient (Wildman–Crippen LogP) is 1.48. The molecule has 4 rings (SSSR count). The molecule has 0 radical (unpaired) electrons. The highest BCUT2D eigenvalue weighted by molar-refractivity contribution is 7.89. The number of carbonyl (C=O) groups excluding carboxylic acids is 1. The van der Waals surface area contributed by atoms with Crippen LogP contribution < -0.4 is 10.9 Å². The van der Waals surface area contributed by atoms with Gasteiger partial charge in [-0.2, -0.15) is 5.10 Å². The fraction of sp³-hybridized carbons (Fsp3) is 0.100. The lowest BCUT2D eigenvalue weighted by molar-refractivity contribution is 0.0995. The minimum Gasteiger partial charge on any atom is -0.364 e. The van der Waals surface area contributed by atoms with Crippen LogP contribution in [0.5, 0.6) is 0 Å². The molecule has 2 heterocycles. The molecule has 0 saturated heterocycles. The zero-order valence-corrected chi connectivity index (χ0v) is 17.5. The fourth-order valence-electron chi connectivity index (χ4n) is 3.14. The fourth-order valence-corrected chi connectivity index (χ4v) is 3.66. The summed E-state index contributed by atoms with van der Waals surface area (Å²) in [6.07, 6.45) is 0. The van der Waals surface area contributed by atoms with Crippen molar-refractivity contribution in [2.75, 3.05) is 0 Å². The third-order valence-corrected chi connectivity index (χ3v) is 5.72. The highest BCUT2D eigenvalue weighted by Gasteiger charge is 2.21. The highest BCUT2D eigenvalue weighted by atomic mass is 32.2. The predicted molar refractivity (Wildman–Crippen MR) is 113 cm³/mol. The van der Waals surface area contributed by atoms with E-state index in [1.165, 1.54) is 35.0 Å². The zero-order valence-electron chi connectivity index (χ0n) is 16.7. The Morgan fingerprint density at radius 3 is 2.10 bits per heavy atom. The number of hydrogen-bond donors (Lipinski definition) is 2. The molecule has 10 nitrogen and oxygen atoms in total. The third kappa shape index (κ3) is 3.83.